The molecule has 0 heterocycles. The van der Waals surface area contributed by atoms with Gasteiger partial charge in [0, 0.05) is 6.54 Å². The highest BCUT2D eigenvalue weighted by atomic mass is 16.3. The summed E-state index contributed by atoms with van der Waals surface area (Å²) in [5.41, 5.74) is 1.09. The molecular formula is C14H21NO2. The largest absolute Gasteiger partial charge is 0.508 e. The van der Waals surface area contributed by atoms with Crippen molar-refractivity contribution in [2.75, 3.05) is 7.05 Å². The summed E-state index contributed by atoms with van der Waals surface area (Å²) < 4.78 is 0. The third-order valence-corrected chi connectivity index (χ3v) is 2.89. The molecule has 0 aliphatic heterocycles. The minimum Gasteiger partial charge on any atom is -0.508 e. The normalized spacial score (nSPS) is 13.1. The second-order valence-electron chi connectivity index (χ2n) is 4.88. The van der Waals surface area contributed by atoms with E-state index in [1.807, 2.05) is 19.2 Å². The van der Waals surface area contributed by atoms with Gasteiger partial charge in [-0.25, -0.2) is 0 Å². The molecule has 0 saturated carbocycles. The van der Waals surface area contributed by atoms with Crippen LogP contribution >= 0.6 is 0 Å². The molecule has 0 saturated heterocycles. The zero-order valence-electron chi connectivity index (χ0n) is 11.0. The van der Waals surface area contributed by atoms with Crippen molar-refractivity contribution in [3.63, 3.8) is 0 Å². The van der Waals surface area contributed by atoms with Crippen LogP contribution in [0.5, 0.6) is 5.75 Å². The number of rotatable bonds is 5. The molecule has 1 N–H and O–H groups in total. The first kappa shape index (κ1) is 13.7. The Morgan fingerprint density at radius 2 is 1.82 bits per heavy atom. The van der Waals surface area contributed by atoms with E-state index < -0.39 is 0 Å². The van der Waals surface area contributed by atoms with Gasteiger partial charge in [-0.2, -0.15) is 0 Å². The Kier molecular flexibility index (Phi) is 4.70. The standard InChI is InChI=1S/C14H21NO2/c1-10(2)14(11(3)16)15(4)9-12-5-7-13(17)8-6-12/h5-8,10,14,17H,9H2,1-4H3. The summed E-state index contributed by atoms with van der Waals surface area (Å²) in [6.07, 6.45) is 0. The van der Waals surface area contributed by atoms with Gasteiger partial charge in [-0.05, 0) is 37.6 Å². The van der Waals surface area contributed by atoms with Crippen LogP contribution < -0.4 is 0 Å². The Morgan fingerprint density at radius 1 is 1.29 bits per heavy atom. The Bertz CT molecular complexity index is 370. The summed E-state index contributed by atoms with van der Waals surface area (Å²) in [6.45, 7) is 6.46. The number of carbonyl (C=O) groups is 1. The predicted molar refractivity (Wildman–Crippen MR) is 68.9 cm³/mol. The second kappa shape index (κ2) is 5.82. The number of nitrogens with zero attached hydrogens (tertiary/aromatic N) is 1. The molecule has 0 radical (unpaired) electrons. The van der Waals surface area contributed by atoms with E-state index >= 15 is 0 Å². The van der Waals surface area contributed by atoms with Gasteiger partial charge in [-0.15, -0.1) is 0 Å². The van der Waals surface area contributed by atoms with Gasteiger partial charge in [0.05, 0.1) is 6.04 Å². The molecule has 17 heavy (non-hydrogen) atoms. The molecule has 0 aromatic heterocycles. The lowest BCUT2D eigenvalue weighted by atomic mass is 9.99. The van der Waals surface area contributed by atoms with Crippen molar-refractivity contribution in [2.45, 2.75) is 33.4 Å². The lowest BCUT2D eigenvalue weighted by Gasteiger charge is -2.29. The van der Waals surface area contributed by atoms with Crippen molar-refractivity contribution in [1.82, 2.24) is 4.90 Å². The van der Waals surface area contributed by atoms with Crippen molar-refractivity contribution < 1.29 is 9.90 Å². The molecule has 94 valence electrons. The van der Waals surface area contributed by atoms with Crippen molar-refractivity contribution in [3.8, 4) is 5.75 Å². The molecular weight excluding hydrogens is 214 g/mol. The molecule has 1 aromatic rings. The van der Waals surface area contributed by atoms with Gasteiger partial charge in [-0.3, -0.25) is 9.69 Å². The maximum absolute atomic E-state index is 11.6. The molecule has 0 bridgehead atoms. The molecule has 0 spiro atoms. The summed E-state index contributed by atoms with van der Waals surface area (Å²) in [4.78, 5) is 13.6. The maximum Gasteiger partial charge on any atom is 0.147 e. The van der Waals surface area contributed by atoms with E-state index in [0.717, 1.165) is 5.56 Å². The first-order valence-electron chi connectivity index (χ1n) is 5.90. The summed E-state index contributed by atoms with van der Waals surface area (Å²) in [7, 11) is 1.96. The fraction of sp³-hybridized carbons (Fsp3) is 0.500. The molecule has 1 rings (SSSR count). The fourth-order valence-electron chi connectivity index (χ4n) is 2.28. The van der Waals surface area contributed by atoms with Gasteiger partial charge in [0.2, 0.25) is 0 Å². The number of aromatic hydroxyl groups is 1. The average Bonchev–Trinajstić information content (AvgIpc) is 2.20. The lowest BCUT2D eigenvalue weighted by Crippen LogP contribution is -2.40. The van der Waals surface area contributed by atoms with Crippen LogP contribution in [0.2, 0.25) is 0 Å². The minimum absolute atomic E-state index is 0.0520. The summed E-state index contributed by atoms with van der Waals surface area (Å²) in [5.74, 6) is 0.763. The van der Waals surface area contributed by atoms with E-state index in [4.69, 9.17) is 0 Å². The highest BCUT2D eigenvalue weighted by molar-refractivity contribution is 5.81. The van der Waals surface area contributed by atoms with Gasteiger partial charge < -0.3 is 5.11 Å². The number of phenols is 1. The Labute approximate surface area is 103 Å². The van der Waals surface area contributed by atoms with Crippen molar-refractivity contribution in [1.29, 1.82) is 0 Å². The Balaban J connectivity index is 2.73. The molecule has 0 fully saturated rings. The third kappa shape index (κ3) is 3.86. The van der Waals surface area contributed by atoms with E-state index in [1.165, 1.54) is 0 Å². The van der Waals surface area contributed by atoms with Crippen LogP contribution in [0.1, 0.15) is 26.3 Å². The first-order valence-corrected chi connectivity index (χ1v) is 5.90. The third-order valence-electron chi connectivity index (χ3n) is 2.89. The van der Waals surface area contributed by atoms with E-state index in [9.17, 15) is 9.90 Å². The van der Waals surface area contributed by atoms with Crippen LogP contribution in [-0.4, -0.2) is 28.9 Å². The monoisotopic (exact) mass is 235 g/mol. The van der Waals surface area contributed by atoms with Crippen LogP contribution in [0.4, 0.5) is 0 Å². The number of ketones is 1. The van der Waals surface area contributed by atoms with E-state index in [2.05, 4.69) is 18.7 Å². The average molecular weight is 235 g/mol. The summed E-state index contributed by atoms with van der Waals surface area (Å²) >= 11 is 0. The zero-order valence-corrected chi connectivity index (χ0v) is 11.0. The van der Waals surface area contributed by atoms with Crippen molar-refractivity contribution in [3.05, 3.63) is 29.8 Å². The number of likely N-dealkylation sites (N-methyl/N-ethyl adjacent to an activating group) is 1. The fourth-order valence-corrected chi connectivity index (χ4v) is 2.28. The van der Waals surface area contributed by atoms with Gasteiger partial charge in [-0.1, -0.05) is 26.0 Å². The molecule has 0 amide bonds. The summed E-state index contributed by atoms with van der Waals surface area (Å²) in [5, 5.41) is 9.21. The number of hydrogen-bond acceptors (Lipinski definition) is 3. The minimum atomic E-state index is -0.0520. The van der Waals surface area contributed by atoms with Crippen LogP contribution in [0.3, 0.4) is 0 Å². The SMILES string of the molecule is CC(=O)C(C(C)C)N(C)Cc1ccc(O)cc1. The van der Waals surface area contributed by atoms with E-state index in [0.29, 0.717) is 12.5 Å². The molecule has 1 atom stereocenters. The quantitative estimate of drug-likeness (QED) is 0.852. The van der Waals surface area contributed by atoms with Gasteiger partial charge in [0.25, 0.3) is 0 Å². The van der Waals surface area contributed by atoms with Gasteiger partial charge >= 0.3 is 0 Å². The van der Waals surface area contributed by atoms with Gasteiger partial charge in [0.1, 0.15) is 11.5 Å². The molecule has 0 aliphatic rings. The second-order valence-corrected chi connectivity index (χ2v) is 4.88. The van der Waals surface area contributed by atoms with Gasteiger partial charge in [0.15, 0.2) is 0 Å². The summed E-state index contributed by atoms with van der Waals surface area (Å²) in [6, 6.07) is 7.04. The topological polar surface area (TPSA) is 40.5 Å². The number of carbonyl (C=O) groups excluding carboxylic acids is 1. The first-order chi connectivity index (χ1) is 7.91. The molecule has 3 nitrogen and oxygen atoms in total. The van der Waals surface area contributed by atoms with Crippen LogP contribution in [-0.2, 0) is 11.3 Å². The van der Waals surface area contributed by atoms with E-state index in [1.54, 1.807) is 19.1 Å². The van der Waals surface area contributed by atoms with Crippen LogP contribution in [0, 0.1) is 5.92 Å². The number of hydrogen-bond donors (Lipinski definition) is 1. The molecule has 3 heteroatoms. The van der Waals surface area contributed by atoms with E-state index in [-0.39, 0.29) is 17.6 Å². The number of Topliss-reactive ketones (excluding diaryl/α,β-unsaturated/α-hetero) is 1. The predicted octanol–water partition coefficient (Wildman–Crippen LogP) is 2.44. The molecule has 1 unspecified atom stereocenters. The highest BCUT2D eigenvalue weighted by Gasteiger charge is 2.22. The zero-order chi connectivity index (χ0) is 13.0. The lowest BCUT2D eigenvalue weighted by molar-refractivity contribution is -0.123. The highest BCUT2D eigenvalue weighted by Crippen LogP contribution is 2.16. The van der Waals surface area contributed by atoms with Crippen molar-refractivity contribution in [2.24, 2.45) is 5.92 Å². The number of benzene rings is 1. The van der Waals surface area contributed by atoms with Crippen molar-refractivity contribution >= 4 is 5.78 Å². The van der Waals surface area contributed by atoms with Crippen LogP contribution in [0.15, 0.2) is 24.3 Å². The molecule has 1 aromatic carbocycles. The maximum atomic E-state index is 11.6. The Morgan fingerprint density at radius 3 is 2.24 bits per heavy atom. The van der Waals surface area contributed by atoms with Crippen LogP contribution in [0.25, 0.3) is 0 Å². The number of phenolic OH excluding ortho intramolecular Hbond substituents is 1. The molecule has 0 aliphatic carbocycles. The smallest absolute Gasteiger partial charge is 0.147 e. The Hall–Kier alpha value is -1.35.